The minimum absolute atomic E-state index is 0. The van der Waals surface area contributed by atoms with E-state index in [1.165, 1.54) is 35.8 Å². The summed E-state index contributed by atoms with van der Waals surface area (Å²) in [5.41, 5.74) is 5.16. The molecule has 29 heavy (non-hydrogen) atoms. The first kappa shape index (κ1) is 23.9. The molecule has 4 nitrogen and oxygen atoms in total. The van der Waals surface area contributed by atoms with Gasteiger partial charge in [-0.2, -0.15) is 0 Å². The third kappa shape index (κ3) is 7.10. The van der Waals surface area contributed by atoms with Gasteiger partial charge in [-0.25, -0.2) is 13.1 Å². The zero-order chi connectivity index (χ0) is 20.1. The van der Waals surface area contributed by atoms with Crippen LogP contribution in [0, 0.1) is 0 Å². The first-order valence-corrected chi connectivity index (χ1v) is 12.1. The fraction of sp³-hybridized carbons (Fsp3) is 0.478. The molecule has 6 heteroatoms. The van der Waals surface area contributed by atoms with Gasteiger partial charge in [-0.05, 0) is 67.4 Å². The molecular formula is C23H33ClN2O2S. The van der Waals surface area contributed by atoms with Crippen LogP contribution in [0.2, 0.25) is 0 Å². The van der Waals surface area contributed by atoms with E-state index in [1.54, 1.807) is 0 Å². The molecule has 2 aromatic rings. The number of hydrogen-bond donors (Lipinski definition) is 1. The van der Waals surface area contributed by atoms with Gasteiger partial charge in [0.25, 0.3) is 0 Å². The molecule has 1 atom stereocenters. The smallest absolute Gasteiger partial charge is 0.209 e. The highest BCUT2D eigenvalue weighted by molar-refractivity contribution is 7.88. The van der Waals surface area contributed by atoms with E-state index in [0.717, 1.165) is 31.6 Å². The van der Waals surface area contributed by atoms with Crippen molar-refractivity contribution < 1.29 is 8.42 Å². The van der Waals surface area contributed by atoms with Crippen LogP contribution in [0.1, 0.15) is 60.9 Å². The van der Waals surface area contributed by atoms with Gasteiger partial charge >= 0.3 is 0 Å². The Morgan fingerprint density at radius 3 is 2.07 bits per heavy atom. The third-order valence-corrected chi connectivity index (χ3v) is 6.51. The van der Waals surface area contributed by atoms with Crippen LogP contribution in [0.4, 0.5) is 0 Å². The first-order valence-electron chi connectivity index (χ1n) is 10.2. The molecular weight excluding hydrogens is 404 g/mol. The number of nitrogens with one attached hydrogen (secondary N) is 1. The highest BCUT2D eigenvalue weighted by Gasteiger charge is 2.20. The summed E-state index contributed by atoms with van der Waals surface area (Å²) in [5, 5.41) is 0. The lowest BCUT2D eigenvalue weighted by molar-refractivity contribution is 0.204. The van der Waals surface area contributed by atoms with E-state index in [2.05, 4.69) is 52.9 Å². The Balaban J connectivity index is 0.00000300. The van der Waals surface area contributed by atoms with Crippen molar-refractivity contribution in [2.45, 2.75) is 51.6 Å². The fourth-order valence-corrected chi connectivity index (χ4v) is 4.79. The standard InChI is InChI=1S/C23H32N2O2S.ClH/c1-4-19-5-11-22(12-6-19)23-13-15-25(16-14-23)17-20-7-9-21(10-8-20)18(2)24-28(3,26)27;/h5-12,18,23-24H,4,13-17H2,1-3H3;1H/t18-;/m1./s1. The second-order valence-corrected chi connectivity index (χ2v) is 9.78. The molecule has 1 heterocycles. The monoisotopic (exact) mass is 436 g/mol. The molecule has 160 valence electrons. The molecule has 0 amide bonds. The molecule has 1 saturated heterocycles. The van der Waals surface area contributed by atoms with Gasteiger partial charge in [-0.1, -0.05) is 55.5 Å². The average Bonchev–Trinajstić information content (AvgIpc) is 2.68. The molecule has 2 aromatic carbocycles. The summed E-state index contributed by atoms with van der Waals surface area (Å²) in [6.45, 7) is 7.26. The predicted octanol–water partition coefficient (Wildman–Crippen LogP) is 4.66. The van der Waals surface area contributed by atoms with Crippen molar-refractivity contribution in [1.29, 1.82) is 0 Å². The molecule has 0 bridgehead atoms. The quantitative estimate of drug-likeness (QED) is 0.686. The van der Waals surface area contributed by atoms with Crippen LogP contribution in [0.5, 0.6) is 0 Å². The summed E-state index contributed by atoms with van der Waals surface area (Å²) >= 11 is 0. The van der Waals surface area contributed by atoms with Crippen LogP contribution < -0.4 is 4.72 Å². The Hall–Kier alpha value is -1.40. The predicted molar refractivity (Wildman–Crippen MR) is 123 cm³/mol. The summed E-state index contributed by atoms with van der Waals surface area (Å²) in [7, 11) is -3.19. The molecule has 0 radical (unpaired) electrons. The van der Waals surface area contributed by atoms with Gasteiger partial charge < -0.3 is 0 Å². The maximum absolute atomic E-state index is 11.4. The third-order valence-electron chi connectivity index (χ3n) is 5.72. The average molecular weight is 437 g/mol. The first-order chi connectivity index (χ1) is 13.3. The normalized spacial score (nSPS) is 16.9. The summed E-state index contributed by atoms with van der Waals surface area (Å²) in [5.74, 6) is 0.674. The Bertz CT molecular complexity index is 859. The molecule has 1 aliphatic heterocycles. The van der Waals surface area contributed by atoms with E-state index in [1.807, 2.05) is 19.1 Å². The molecule has 1 fully saturated rings. The molecule has 0 spiro atoms. The number of halogens is 1. The Kier molecular flexibility index (Phi) is 8.71. The summed E-state index contributed by atoms with van der Waals surface area (Å²) < 4.78 is 25.4. The zero-order valence-corrected chi connectivity index (χ0v) is 19.2. The zero-order valence-electron chi connectivity index (χ0n) is 17.6. The largest absolute Gasteiger partial charge is 0.299 e. The number of nitrogens with zero attached hydrogens (tertiary/aromatic N) is 1. The van der Waals surface area contributed by atoms with Crippen molar-refractivity contribution in [3.63, 3.8) is 0 Å². The molecule has 3 rings (SSSR count). The van der Waals surface area contributed by atoms with Crippen LogP contribution >= 0.6 is 12.4 Å². The molecule has 0 saturated carbocycles. The number of rotatable bonds is 7. The topological polar surface area (TPSA) is 49.4 Å². The van der Waals surface area contributed by atoms with Crippen molar-refractivity contribution >= 4 is 22.4 Å². The van der Waals surface area contributed by atoms with Gasteiger partial charge in [-0.3, -0.25) is 4.90 Å². The van der Waals surface area contributed by atoms with Crippen LogP contribution in [0.3, 0.4) is 0 Å². The van der Waals surface area contributed by atoms with Crippen molar-refractivity contribution in [2.24, 2.45) is 0 Å². The Morgan fingerprint density at radius 1 is 1.00 bits per heavy atom. The second kappa shape index (κ2) is 10.6. The van der Waals surface area contributed by atoms with Crippen molar-refractivity contribution in [1.82, 2.24) is 9.62 Å². The summed E-state index contributed by atoms with van der Waals surface area (Å²) in [6, 6.07) is 17.2. The van der Waals surface area contributed by atoms with Crippen molar-refractivity contribution in [2.75, 3.05) is 19.3 Å². The van der Waals surface area contributed by atoms with Crippen LogP contribution in [0.25, 0.3) is 0 Å². The molecule has 0 aromatic heterocycles. The minimum Gasteiger partial charge on any atom is -0.299 e. The summed E-state index contributed by atoms with van der Waals surface area (Å²) in [6.07, 6.45) is 4.71. The number of hydrogen-bond acceptors (Lipinski definition) is 3. The van der Waals surface area contributed by atoms with E-state index < -0.39 is 10.0 Å². The molecule has 1 N–H and O–H groups in total. The highest BCUT2D eigenvalue weighted by atomic mass is 35.5. The lowest BCUT2D eigenvalue weighted by Crippen LogP contribution is -2.32. The van der Waals surface area contributed by atoms with Gasteiger partial charge in [-0.15, -0.1) is 12.4 Å². The maximum Gasteiger partial charge on any atom is 0.209 e. The lowest BCUT2D eigenvalue weighted by atomic mass is 9.88. The molecule has 0 unspecified atom stereocenters. The SMILES string of the molecule is CCc1ccc(C2CCN(Cc3ccc([C@@H](C)NS(C)(=O)=O)cc3)CC2)cc1.Cl. The van der Waals surface area contributed by atoms with E-state index >= 15 is 0 Å². The van der Waals surface area contributed by atoms with Crippen molar-refractivity contribution in [3.05, 3.63) is 70.8 Å². The second-order valence-electron chi connectivity index (χ2n) is 8.00. The van der Waals surface area contributed by atoms with Gasteiger partial charge in [0, 0.05) is 12.6 Å². The summed E-state index contributed by atoms with van der Waals surface area (Å²) in [4.78, 5) is 2.52. The van der Waals surface area contributed by atoms with E-state index in [9.17, 15) is 8.42 Å². The van der Waals surface area contributed by atoms with Crippen LogP contribution in [-0.4, -0.2) is 32.7 Å². The number of benzene rings is 2. The molecule has 1 aliphatic rings. The Labute approximate surface area is 182 Å². The highest BCUT2D eigenvalue weighted by Crippen LogP contribution is 2.29. The molecule has 0 aliphatic carbocycles. The van der Waals surface area contributed by atoms with E-state index in [0.29, 0.717) is 5.92 Å². The van der Waals surface area contributed by atoms with Crippen LogP contribution in [-0.2, 0) is 23.0 Å². The van der Waals surface area contributed by atoms with Gasteiger partial charge in [0.05, 0.1) is 6.26 Å². The number of likely N-dealkylation sites (tertiary alicyclic amines) is 1. The van der Waals surface area contributed by atoms with Gasteiger partial charge in [0.15, 0.2) is 0 Å². The van der Waals surface area contributed by atoms with Gasteiger partial charge in [0.2, 0.25) is 10.0 Å². The van der Waals surface area contributed by atoms with Crippen LogP contribution in [0.15, 0.2) is 48.5 Å². The minimum atomic E-state index is -3.19. The number of sulfonamides is 1. The Morgan fingerprint density at radius 2 is 1.55 bits per heavy atom. The maximum atomic E-state index is 11.4. The number of piperidine rings is 1. The number of aryl methyl sites for hydroxylation is 1. The lowest BCUT2D eigenvalue weighted by Gasteiger charge is -2.32. The van der Waals surface area contributed by atoms with Crippen molar-refractivity contribution in [3.8, 4) is 0 Å². The fourth-order valence-electron chi connectivity index (χ4n) is 4.01. The van der Waals surface area contributed by atoms with Gasteiger partial charge in [0.1, 0.15) is 0 Å². The van der Waals surface area contributed by atoms with E-state index in [-0.39, 0.29) is 18.4 Å². The van der Waals surface area contributed by atoms with E-state index in [4.69, 9.17) is 0 Å².